The Labute approximate surface area is 184 Å². The number of nitrogens with zero attached hydrogens (tertiary/aromatic N) is 1. The van der Waals surface area contributed by atoms with E-state index in [0.29, 0.717) is 5.41 Å². The van der Waals surface area contributed by atoms with Crippen LogP contribution in [-0.4, -0.2) is 48.3 Å². The molecule has 1 spiro atoms. The van der Waals surface area contributed by atoms with Crippen LogP contribution in [0.3, 0.4) is 0 Å². The smallest absolute Gasteiger partial charge is 0.228 e. The van der Waals surface area contributed by atoms with Crippen LogP contribution in [0.1, 0.15) is 60.8 Å². The van der Waals surface area contributed by atoms with E-state index in [9.17, 15) is 9.90 Å². The number of ether oxygens (including phenoxy) is 1. The molecule has 3 atom stereocenters. The number of anilines is 1. The molecule has 1 aliphatic carbocycles. The van der Waals surface area contributed by atoms with E-state index in [-0.39, 0.29) is 23.8 Å². The summed E-state index contributed by atoms with van der Waals surface area (Å²) in [6.45, 7) is 6.80. The molecule has 0 bridgehead atoms. The lowest BCUT2D eigenvalue weighted by Gasteiger charge is -2.47. The molecule has 4 aliphatic heterocycles. The number of fused-ring (bicyclic) bond motifs is 3. The van der Waals surface area contributed by atoms with Crippen molar-refractivity contribution in [1.82, 2.24) is 10.2 Å². The van der Waals surface area contributed by atoms with Crippen molar-refractivity contribution >= 4 is 11.6 Å². The standard InChI is InChI=1S/C25H35N3O3/c29-22-4-2-1-3-18(22)20-10-19-21-12-26-11-16(21)9-17(23(19)27-24(20)30)13-28-7-5-25(6-8-28)14-31-15-25/h9,18,20,22,26,29H,1-8,10-15H2,(H,27,30). The van der Waals surface area contributed by atoms with Crippen molar-refractivity contribution in [2.24, 2.45) is 17.3 Å². The third-order valence-electron chi connectivity index (χ3n) is 8.78. The molecule has 3 fully saturated rings. The molecule has 0 aromatic heterocycles. The molecular formula is C25H35N3O3. The Morgan fingerprint density at radius 3 is 2.68 bits per heavy atom. The number of aliphatic hydroxyl groups excluding tert-OH is 1. The third kappa shape index (κ3) is 3.52. The summed E-state index contributed by atoms with van der Waals surface area (Å²) in [5, 5.41) is 17.5. The van der Waals surface area contributed by atoms with E-state index in [4.69, 9.17) is 4.74 Å². The van der Waals surface area contributed by atoms with Gasteiger partial charge in [-0.05, 0) is 73.4 Å². The van der Waals surface area contributed by atoms with Crippen LogP contribution in [0.25, 0.3) is 0 Å². The van der Waals surface area contributed by atoms with E-state index in [1.165, 1.54) is 35.1 Å². The van der Waals surface area contributed by atoms with Crippen LogP contribution in [-0.2, 0) is 35.6 Å². The summed E-state index contributed by atoms with van der Waals surface area (Å²) in [6.07, 6.45) is 6.88. The average molecular weight is 426 g/mol. The fraction of sp³-hybridized carbons (Fsp3) is 0.720. The number of aliphatic hydroxyl groups is 1. The number of hydrogen-bond acceptors (Lipinski definition) is 5. The van der Waals surface area contributed by atoms with Crippen molar-refractivity contribution in [2.45, 2.75) is 70.7 Å². The molecule has 1 amide bonds. The molecular weight excluding hydrogens is 390 g/mol. The minimum absolute atomic E-state index is 0.0959. The summed E-state index contributed by atoms with van der Waals surface area (Å²) in [4.78, 5) is 15.8. The van der Waals surface area contributed by atoms with Gasteiger partial charge in [0.2, 0.25) is 5.91 Å². The number of benzene rings is 1. The van der Waals surface area contributed by atoms with Crippen molar-refractivity contribution in [3.8, 4) is 0 Å². The topological polar surface area (TPSA) is 73.8 Å². The van der Waals surface area contributed by atoms with Gasteiger partial charge in [-0.1, -0.05) is 18.9 Å². The summed E-state index contributed by atoms with van der Waals surface area (Å²) in [5.41, 5.74) is 6.91. The van der Waals surface area contributed by atoms with Crippen molar-refractivity contribution in [3.63, 3.8) is 0 Å². The van der Waals surface area contributed by atoms with Crippen LogP contribution in [0.4, 0.5) is 5.69 Å². The highest BCUT2D eigenvalue weighted by atomic mass is 16.5. The van der Waals surface area contributed by atoms with E-state index >= 15 is 0 Å². The monoisotopic (exact) mass is 425 g/mol. The molecule has 168 valence electrons. The maximum absolute atomic E-state index is 13.2. The molecule has 1 saturated carbocycles. The highest BCUT2D eigenvalue weighted by Crippen LogP contribution is 2.43. The fourth-order valence-corrected chi connectivity index (χ4v) is 6.70. The van der Waals surface area contributed by atoms with Gasteiger partial charge in [-0.25, -0.2) is 0 Å². The predicted molar refractivity (Wildman–Crippen MR) is 119 cm³/mol. The SMILES string of the molecule is O=C1Nc2c(CN3CCC4(CC3)COC4)cc3c(c2CC1C1CCCCC1O)CNC3. The maximum atomic E-state index is 13.2. The highest BCUT2D eigenvalue weighted by Gasteiger charge is 2.42. The molecule has 0 radical (unpaired) electrons. The van der Waals surface area contributed by atoms with Gasteiger partial charge in [0.05, 0.1) is 19.3 Å². The van der Waals surface area contributed by atoms with E-state index in [1.807, 2.05) is 0 Å². The van der Waals surface area contributed by atoms with Gasteiger partial charge in [0, 0.05) is 36.7 Å². The van der Waals surface area contributed by atoms with E-state index in [1.54, 1.807) is 0 Å². The number of hydrogen-bond donors (Lipinski definition) is 3. The molecule has 31 heavy (non-hydrogen) atoms. The minimum Gasteiger partial charge on any atom is -0.393 e. The van der Waals surface area contributed by atoms with Gasteiger partial charge in [0.25, 0.3) is 0 Å². The van der Waals surface area contributed by atoms with E-state index in [0.717, 1.165) is 83.7 Å². The molecule has 4 heterocycles. The van der Waals surface area contributed by atoms with E-state index < -0.39 is 0 Å². The molecule has 1 aromatic carbocycles. The number of rotatable bonds is 3. The lowest BCUT2D eigenvalue weighted by atomic mass is 9.72. The van der Waals surface area contributed by atoms with Gasteiger partial charge in [-0.15, -0.1) is 0 Å². The zero-order valence-electron chi connectivity index (χ0n) is 18.4. The normalized spacial score (nSPS) is 32.3. The number of likely N-dealkylation sites (tertiary alicyclic amines) is 1. The summed E-state index contributed by atoms with van der Waals surface area (Å²) >= 11 is 0. The van der Waals surface area contributed by atoms with Crippen LogP contribution >= 0.6 is 0 Å². The quantitative estimate of drug-likeness (QED) is 0.694. The third-order valence-corrected chi connectivity index (χ3v) is 8.78. The summed E-state index contributed by atoms with van der Waals surface area (Å²) in [6, 6.07) is 2.33. The van der Waals surface area contributed by atoms with Gasteiger partial charge < -0.3 is 20.5 Å². The first-order valence-corrected chi connectivity index (χ1v) is 12.3. The average Bonchev–Trinajstić information content (AvgIpc) is 3.22. The van der Waals surface area contributed by atoms with Crippen molar-refractivity contribution in [2.75, 3.05) is 31.6 Å². The molecule has 3 N–H and O–H groups in total. The summed E-state index contributed by atoms with van der Waals surface area (Å²) < 4.78 is 5.48. The van der Waals surface area contributed by atoms with Gasteiger partial charge >= 0.3 is 0 Å². The number of piperidine rings is 1. The maximum Gasteiger partial charge on any atom is 0.228 e. The first-order chi connectivity index (χ1) is 15.1. The summed E-state index contributed by atoms with van der Waals surface area (Å²) in [7, 11) is 0. The number of carbonyl (C=O) groups is 1. The Balaban J connectivity index is 1.27. The van der Waals surface area contributed by atoms with Gasteiger partial charge in [0.1, 0.15) is 0 Å². The van der Waals surface area contributed by atoms with Crippen molar-refractivity contribution in [3.05, 3.63) is 28.3 Å². The molecule has 6 heteroatoms. The number of carbonyl (C=O) groups excluding carboxylic acids is 1. The second-order valence-electron chi connectivity index (χ2n) is 10.7. The largest absolute Gasteiger partial charge is 0.393 e. The second-order valence-corrected chi connectivity index (χ2v) is 10.7. The van der Waals surface area contributed by atoms with Crippen LogP contribution in [0, 0.1) is 17.3 Å². The van der Waals surface area contributed by atoms with Crippen LogP contribution in [0.15, 0.2) is 6.07 Å². The second kappa shape index (κ2) is 7.84. The molecule has 6 nitrogen and oxygen atoms in total. The van der Waals surface area contributed by atoms with Crippen LogP contribution in [0.5, 0.6) is 0 Å². The Kier molecular flexibility index (Phi) is 5.10. The molecule has 3 unspecified atom stereocenters. The van der Waals surface area contributed by atoms with Crippen LogP contribution in [0.2, 0.25) is 0 Å². The lowest BCUT2D eigenvalue weighted by Crippen LogP contribution is -2.50. The Morgan fingerprint density at radius 1 is 1.13 bits per heavy atom. The first-order valence-electron chi connectivity index (χ1n) is 12.3. The van der Waals surface area contributed by atoms with Gasteiger partial charge in [0.15, 0.2) is 0 Å². The Bertz CT molecular complexity index is 871. The van der Waals surface area contributed by atoms with Crippen molar-refractivity contribution in [1.29, 1.82) is 0 Å². The highest BCUT2D eigenvalue weighted by molar-refractivity contribution is 5.97. The molecule has 5 aliphatic rings. The predicted octanol–water partition coefficient (Wildman–Crippen LogP) is 2.56. The molecule has 6 rings (SSSR count). The van der Waals surface area contributed by atoms with Gasteiger partial charge in [-0.3, -0.25) is 9.69 Å². The minimum atomic E-state index is -0.337. The number of nitrogens with one attached hydrogen (secondary N) is 2. The molecule has 1 aromatic rings. The Morgan fingerprint density at radius 2 is 1.94 bits per heavy atom. The Hall–Kier alpha value is -1.47. The number of amides is 1. The zero-order valence-corrected chi connectivity index (χ0v) is 18.4. The van der Waals surface area contributed by atoms with E-state index in [2.05, 4.69) is 21.6 Å². The summed E-state index contributed by atoms with van der Waals surface area (Å²) in [5.74, 6) is 0.115. The van der Waals surface area contributed by atoms with Crippen molar-refractivity contribution < 1.29 is 14.6 Å². The van der Waals surface area contributed by atoms with Gasteiger partial charge in [-0.2, -0.15) is 0 Å². The fourth-order valence-electron chi connectivity index (χ4n) is 6.70. The first kappa shape index (κ1) is 20.2. The van der Waals surface area contributed by atoms with Crippen LogP contribution < -0.4 is 10.6 Å². The lowest BCUT2D eigenvalue weighted by molar-refractivity contribution is -0.140. The zero-order chi connectivity index (χ0) is 21.0. The molecule has 2 saturated heterocycles.